The monoisotopic (exact) mass is 324 g/mol. The zero-order chi connectivity index (χ0) is 14.0. The van der Waals surface area contributed by atoms with Crippen molar-refractivity contribution < 1.29 is 4.79 Å². The first-order valence-corrected chi connectivity index (χ1v) is 6.03. The van der Waals surface area contributed by atoms with Crippen LogP contribution in [0.4, 0.5) is 5.69 Å². The molecule has 19 heavy (non-hydrogen) atoms. The highest BCUT2D eigenvalue weighted by molar-refractivity contribution is 9.10. The molecule has 3 N–H and O–H groups in total. The predicted molar refractivity (Wildman–Crippen MR) is 72.3 cm³/mol. The lowest BCUT2D eigenvalue weighted by molar-refractivity contribution is 0.101. The third-order valence-electron chi connectivity index (χ3n) is 2.36. The van der Waals surface area contributed by atoms with E-state index in [2.05, 4.69) is 26.3 Å². The van der Waals surface area contributed by atoms with E-state index in [0.717, 1.165) is 10.0 Å². The Morgan fingerprint density at radius 2 is 2.11 bits per heavy atom. The highest BCUT2D eigenvalue weighted by atomic mass is 79.9. The van der Waals surface area contributed by atoms with Crippen molar-refractivity contribution in [3.05, 3.63) is 54.8 Å². The van der Waals surface area contributed by atoms with E-state index in [1.165, 1.54) is 0 Å². The Bertz CT molecular complexity index is 750. The van der Waals surface area contributed by atoms with Crippen molar-refractivity contribution in [3.63, 3.8) is 0 Å². The number of anilines is 1. The number of aromatic amines is 2. The normalized spacial score (nSPS) is 10.2. The van der Waals surface area contributed by atoms with Crippen LogP contribution in [-0.4, -0.2) is 21.1 Å². The summed E-state index contributed by atoms with van der Waals surface area (Å²) in [5.41, 5.74) is -0.490. The van der Waals surface area contributed by atoms with Crippen LogP contribution >= 0.6 is 15.9 Å². The van der Waals surface area contributed by atoms with Gasteiger partial charge in [-0.15, -0.1) is 0 Å². The van der Waals surface area contributed by atoms with Gasteiger partial charge in [0.2, 0.25) is 5.69 Å². The molecular formula is C11H9BrN4O3. The van der Waals surface area contributed by atoms with Gasteiger partial charge in [0.15, 0.2) is 0 Å². The number of carbonyl (C=O) groups excluding carboxylic acids is 1. The van der Waals surface area contributed by atoms with Crippen molar-refractivity contribution in [3.8, 4) is 0 Å². The number of carbonyl (C=O) groups is 1. The molecule has 0 radical (unpaired) electrons. The Labute approximate surface area is 115 Å². The standard InChI is InChI=1S/C11H9BrN4O3/c1-5-2-3-6(4-7(5)12)13-9(17)8-10(18)14-11(19)16-15-8/h2-4H,1H3,(H,13,17)(H2,14,16,18,19). The van der Waals surface area contributed by atoms with E-state index in [9.17, 15) is 14.4 Å². The molecule has 0 aliphatic rings. The lowest BCUT2D eigenvalue weighted by atomic mass is 10.2. The maximum atomic E-state index is 11.8. The van der Waals surface area contributed by atoms with Crippen molar-refractivity contribution in [1.82, 2.24) is 15.2 Å². The minimum Gasteiger partial charge on any atom is -0.320 e. The van der Waals surface area contributed by atoms with Crippen LogP contribution in [0.2, 0.25) is 0 Å². The highest BCUT2D eigenvalue weighted by Gasteiger charge is 2.13. The van der Waals surface area contributed by atoms with E-state index in [1.807, 2.05) is 23.1 Å². The van der Waals surface area contributed by atoms with Gasteiger partial charge in [-0.05, 0) is 24.6 Å². The number of hydrogen-bond acceptors (Lipinski definition) is 4. The first kappa shape index (κ1) is 13.2. The summed E-state index contributed by atoms with van der Waals surface area (Å²) >= 11 is 3.33. The summed E-state index contributed by atoms with van der Waals surface area (Å²) in [7, 11) is 0. The van der Waals surface area contributed by atoms with Crippen molar-refractivity contribution in [1.29, 1.82) is 0 Å². The Kier molecular flexibility index (Phi) is 3.61. The second kappa shape index (κ2) is 5.19. The lowest BCUT2D eigenvalue weighted by Crippen LogP contribution is -2.32. The second-order valence-electron chi connectivity index (χ2n) is 3.77. The van der Waals surface area contributed by atoms with E-state index in [-0.39, 0.29) is 0 Å². The molecule has 2 aromatic rings. The van der Waals surface area contributed by atoms with Crippen LogP contribution in [0.5, 0.6) is 0 Å². The molecule has 0 aliphatic carbocycles. The topological polar surface area (TPSA) is 108 Å². The van der Waals surface area contributed by atoms with Crippen LogP contribution in [0.3, 0.4) is 0 Å². The van der Waals surface area contributed by atoms with Gasteiger partial charge in [0.25, 0.3) is 11.5 Å². The van der Waals surface area contributed by atoms with E-state index < -0.39 is 22.9 Å². The molecule has 1 amide bonds. The first-order chi connectivity index (χ1) is 8.97. The molecule has 0 aliphatic heterocycles. The third-order valence-corrected chi connectivity index (χ3v) is 3.21. The van der Waals surface area contributed by atoms with Crippen molar-refractivity contribution >= 4 is 27.5 Å². The third kappa shape index (κ3) is 2.97. The molecule has 7 nitrogen and oxygen atoms in total. The van der Waals surface area contributed by atoms with Gasteiger partial charge in [0.05, 0.1) is 0 Å². The summed E-state index contributed by atoms with van der Waals surface area (Å²) in [4.78, 5) is 35.9. The predicted octanol–water partition coefficient (Wildman–Crippen LogP) is 0.781. The van der Waals surface area contributed by atoms with E-state index >= 15 is 0 Å². The zero-order valence-corrected chi connectivity index (χ0v) is 11.4. The summed E-state index contributed by atoms with van der Waals surface area (Å²) in [6.07, 6.45) is 0. The quantitative estimate of drug-likeness (QED) is 0.758. The molecule has 0 atom stereocenters. The maximum Gasteiger partial charge on any atom is 0.342 e. The Hall–Kier alpha value is -2.22. The second-order valence-corrected chi connectivity index (χ2v) is 4.63. The van der Waals surface area contributed by atoms with E-state index in [4.69, 9.17) is 0 Å². The first-order valence-electron chi connectivity index (χ1n) is 5.24. The average Bonchev–Trinajstić information content (AvgIpc) is 2.33. The number of hydrogen-bond donors (Lipinski definition) is 3. The molecule has 98 valence electrons. The molecule has 1 aromatic heterocycles. The van der Waals surface area contributed by atoms with Gasteiger partial charge in [-0.25, -0.2) is 9.89 Å². The zero-order valence-electron chi connectivity index (χ0n) is 9.78. The molecule has 0 bridgehead atoms. The summed E-state index contributed by atoms with van der Waals surface area (Å²) in [5.74, 6) is -0.701. The minimum absolute atomic E-state index is 0.406. The van der Waals surface area contributed by atoms with Gasteiger partial charge < -0.3 is 5.32 Å². The van der Waals surface area contributed by atoms with Crippen LogP contribution < -0.4 is 16.6 Å². The van der Waals surface area contributed by atoms with Crippen LogP contribution in [-0.2, 0) is 0 Å². The molecule has 0 spiro atoms. The fourth-order valence-corrected chi connectivity index (χ4v) is 1.74. The highest BCUT2D eigenvalue weighted by Crippen LogP contribution is 2.20. The number of benzene rings is 1. The summed E-state index contributed by atoms with van der Waals surface area (Å²) in [6.45, 7) is 1.91. The molecule has 0 unspecified atom stereocenters. The van der Waals surface area contributed by atoms with Crippen molar-refractivity contribution in [2.24, 2.45) is 0 Å². The molecule has 2 rings (SSSR count). The van der Waals surface area contributed by atoms with Gasteiger partial charge in [-0.3, -0.25) is 14.6 Å². The molecule has 0 saturated carbocycles. The number of aromatic nitrogens is 3. The molecule has 1 heterocycles. The lowest BCUT2D eigenvalue weighted by Gasteiger charge is -2.05. The molecule has 8 heteroatoms. The van der Waals surface area contributed by atoms with Crippen LogP contribution in [0.15, 0.2) is 32.3 Å². The van der Waals surface area contributed by atoms with Crippen molar-refractivity contribution in [2.75, 3.05) is 5.32 Å². The smallest absolute Gasteiger partial charge is 0.320 e. The van der Waals surface area contributed by atoms with Gasteiger partial charge >= 0.3 is 5.69 Å². The number of nitrogens with one attached hydrogen (secondary N) is 3. The number of amides is 1. The van der Waals surface area contributed by atoms with E-state index in [0.29, 0.717) is 5.69 Å². The van der Waals surface area contributed by atoms with Gasteiger partial charge in [-0.2, -0.15) is 5.10 Å². The minimum atomic E-state index is -0.840. The number of H-pyrrole nitrogens is 2. The molecule has 0 saturated heterocycles. The largest absolute Gasteiger partial charge is 0.342 e. The number of nitrogens with zero attached hydrogens (tertiary/aromatic N) is 1. The van der Waals surface area contributed by atoms with Crippen LogP contribution in [0.25, 0.3) is 0 Å². The fourth-order valence-electron chi connectivity index (χ4n) is 1.36. The van der Waals surface area contributed by atoms with Crippen LogP contribution in [0, 0.1) is 6.92 Å². The van der Waals surface area contributed by atoms with Crippen molar-refractivity contribution in [2.45, 2.75) is 6.92 Å². The summed E-state index contributed by atoms with van der Waals surface area (Å²) < 4.78 is 0.827. The maximum absolute atomic E-state index is 11.8. The van der Waals surface area contributed by atoms with Gasteiger partial charge in [-0.1, -0.05) is 22.0 Å². The SMILES string of the molecule is Cc1ccc(NC(=O)c2n[nH]c(=O)[nH]c2=O)cc1Br. The average molecular weight is 325 g/mol. The molecule has 0 fully saturated rings. The summed E-state index contributed by atoms with van der Waals surface area (Å²) in [5, 5.41) is 7.92. The Morgan fingerprint density at radius 3 is 2.74 bits per heavy atom. The van der Waals surface area contributed by atoms with Crippen LogP contribution in [0.1, 0.15) is 16.1 Å². The van der Waals surface area contributed by atoms with E-state index in [1.54, 1.807) is 12.1 Å². The number of aryl methyl sites for hydroxylation is 1. The number of rotatable bonds is 2. The number of halogens is 1. The van der Waals surface area contributed by atoms with Gasteiger partial charge in [0, 0.05) is 10.2 Å². The summed E-state index contributed by atoms with van der Waals surface area (Å²) in [6, 6.07) is 5.20. The molecular weight excluding hydrogens is 316 g/mol. The molecule has 1 aromatic carbocycles. The fraction of sp³-hybridized carbons (Fsp3) is 0.0909. The van der Waals surface area contributed by atoms with Gasteiger partial charge in [0.1, 0.15) is 0 Å². The Balaban J connectivity index is 2.28. The Morgan fingerprint density at radius 1 is 1.37 bits per heavy atom.